The van der Waals surface area contributed by atoms with E-state index >= 15 is 0 Å². The number of hydrogen-bond acceptors (Lipinski definition) is 2. The molecule has 12 rings (SSSR count). The Morgan fingerprint density at radius 3 is 1.95 bits per heavy atom. The van der Waals surface area contributed by atoms with Gasteiger partial charge in [0, 0.05) is 43.4 Å². The van der Waals surface area contributed by atoms with Gasteiger partial charge < -0.3 is 4.90 Å². The fourth-order valence-corrected chi connectivity index (χ4v) is 11.8. The summed E-state index contributed by atoms with van der Waals surface area (Å²) in [4.78, 5) is 2.57. The van der Waals surface area contributed by atoms with E-state index in [-0.39, 0.29) is 11.8 Å². The molecule has 2 unspecified atom stereocenters. The highest BCUT2D eigenvalue weighted by molar-refractivity contribution is 7.26. The van der Waals surface area contributed by atoms with E-state index in [1.165, 1.54) is 87.2 Å². The maximum atomic E-state index is 2.57. The van der Waals surface area contributed by atoms with E-state index in [4.69, 9.17) is 0 Å². The Bertz CT molecular complexity index is 3230. The van der Waals surface area contributed by atoms with Crippen LogP contribution in [0.25, 0.3) is 36.9 Å². The van der Waals surface area contributed by atoms with Crippen LogP contribution in [0.15, 0.2) is 242 Å². The summed E-state index contributed by atoms with van der Waals surface area (Å²) in [6.45, 7) is 0. The Hall–Kier alpha value is -7.26. The highest BCUT2D eigenvalue weighted by Gasteiger charge is 2.46. The van der Waals surface area contributed by atoms with Crippen LogP contribution in [0.2, 0.25) is 0 Å². The van der Waals surface area contributed by atoms with Crippen LogP contribution in [0.1, 0.15) is 39.3 Å². The molecule has 2 heteroatoms. The summed E-state index contributed by atoms with van der Waals surface area (Å²) in [7, 11) is 0. The first-order valence-electron chi connectivity index (χ1n) is 21.3. The van der Waals surface area contributed by atoms with Crippen molar-refractivity contribution in [3.8, 4) is 11.1 Å². The number of fused-ring (bicyclic) bond motifs is 7. The average molecular weight is 796 g/mol. The van der Waals surface area contributed by atoms with Crippen LogP contribution >= 0.6 is 11.3 Å². The minimum atomic E-state index is -0.521. The lowest BCUT2D eigenvalue weighted by atomic mass is 9.67. The molecule has 61 heavy (non-hydrogen) atoms. The van der Waals surface area contributed by atoms with Gasteiger partial charge in [-0.3, -0.25) is 0 Å². The van der Waals surface area contributed by atoms with Gasteiger partial charge in [0.15, 0.2) is 0 Å². The second-order valence-electron chi connectivity index (χ2n) is 16.3. The molecular weight excluding hydrogens is 755 g/mol. The molecule has 0 saturated heterocycles. The third-order valence-corrected chi connectivity index (χ3v) is 14.3. The van der Waals surface area contributed by atoms with Gasteiger partial charge >= 0.3 is 0 Å². The van der Waals surface area contributed by atoms with E-state index in [1.807, 2.05) is 11.3 Å². The van der Waals surface area contributed by atoms with Gasteiger partial charge in [-0.2, -0.15) is 0 Å². The van der Waals surface area contributed by atoms with Crippen molar-refractivity contribution in [3.63, 3.8) is 0 Å². The maximum absolute atomic E-state index is 2.57. The molecule has 0 N–H and O–H groups in total. The number of para-hydroxylation sites is 1. The zero-order valence-electron chi connectivity index (χ0n) is 33.5. The predicted octanol–water partition coefficient (Wildman–Crippen LogP) is 15.7. The molecule has 1 nitrogen and oxygen atoms in total. The fourth-order valence-electron chi connectivity index (χ4n) is 10.7. The van der Waals surface area contributed by atoms with Gasteiger partial charge in [0.05, 0.1) is 11.1 Å². The van der Waals surface area contributed by atoms with Crippen LogP contribution in [0.4, 0.5) is 17.1 Å². The van der Waals surface area contributed by atoms with Crippen molar-refractivity contribution >= 4 is 54.1 Å². The van der Waals surface area contributed by atoms with Gasteiger partial charge in [-0.15, -0.1) is 11.3 Å². The minimum Gasteiger partial charge on any atom is -0.310 e. The van der Waals surface area contributed by atoms with Gasteiger partial charge in [-0.05, 0) is 92.1 Å². The molecule has 9 aromatic rings. The van der Waals surface area contributed by atoms with E-state index in [1.54, 1.807) is 0 Å². The quantitative estimate of drug-likeness (QED) is 0.155. The maximum Gasteiger partial charge on any atom is 0.0714 e. The lowest BCUT2D eigenvalue weighted by Crippen LogP contribution is -2.29. The molecule has 1 heterocycles. The van der Waals surface area contributed by atoms with E-state index in [9.17, 15) is 0 Å². The molecule has 0 bridgehead atoms. The molecule has 1 aromatic heterocycles. The molecule has 0 saturated carbocycles. The molecule has 0 aliphatic heterocycles. The van der Waals surface area contributed by atoms with Gasteiger partial charge in [0.25, 0.3) is 0 Å². The van der Waals surface area contributed by atoms with Crippen LogP contribution in [0, 0.1) is 5.92 Å². The van der Waals surface area contributed by atoms with Crippen molar-refractivity contribution in [2.75, 3.05) is 4.90 Å². The second-order valence-corrected chi connectivity index (χ2v) is 17.4. The Kier molecular flexibility index (Phi) is 8.47. The summed E-state index contributed by atoms with van der Waals surface area (Å²) in [5.74, 6) is 0.262. The monoisotopic (exact) mass is 795 g/mol. The third kappa shape index (κ3) is 5.53. The number of benzene rings is 8. The molecule has 0 amide bonds. The summed E-state index contributed by atoms with van der Waals surface area (Å²) < 4.78 is 2.58. The molecule has 8 aromatic carbocycles. The first-order chi connectivity index (χ1) is 30.3. The molecule has 0 spiro atoms. The summed E-state index contributed by atoms with van der Waals surface area (Å²) in [5, 5.41) is 2.56. The summed E-state index contributed by atoms with van der Waals surface area (Å²) in [6, 6.07) is 74.5. The molecule has 0 radical (unpaired) electrons. The summed E-state index contributed by atoms with van der Waals surface area (Å²) >= 11 is 1.87. The number of hydrogen-bond donors (Lipinski definition) is 0. The molecule has 2 atom stereocenters. The second kappa shape index (κ2) is 14.5. The topological polar surface area (TPSA) is 3.24 Å². The van der Waals surface area contributed by atoms with E-state index in [0.29, 0.717) is 0 Å². The van der Waals surface area contributed by atoms with Crippen LogP contribution in [0.5, 0.6) is 0 Å². The average Bonchev–Trinajstić information content (AvgIpc) is 3.87. The number of anilines is 3. The van der Waals surface area contributed by atoms with Gasteiger partial charge in [0.1, 0.15) is 0 Å². The number of thiophene rings is 1. The Balaban J connectivity index is 1.12. The summed E-state index contributed by atoms with van der Waals surface area (Å²) in [6.07, 6.45) is 13.8. The highest BCUT2D eigenvalue weighted by atomic mass is 32.1. The van der Waals surface area contributed by atoms with Crippen molar-refractivity contribution in [3.05, 3.63) is 276 Å². The van der Waals surface area contributed by atoms with Crippen LogP contribution < -0.4 is 4.90 Å². The van der Waals surface area contributed by atoms with Gasteiger partial charge in [-0.1, -0.05) is 200 Å². The van der Waals surface area contributed by atoms with Crippen LogP contribution in [0.3, 0.4) is 0 Å². The van der Waals surface area contributed by atoms with Crippen molar-refractivity contribution < 1.29 is 0 Å². The van der Waals surface area contributed by atoms with Gasteiger partial charge in [-0.25, -0.2) is 0 Å². The van der Waals surface area contributed by atoms with E-state index in [2.05, 4.69) is 242 Å². The lowest BCUT2D eigenvalue weighted by molar-refractivity contribution is 0.687. The normalized spacial score (nSPS) is 17.0. The first-order valence-corrected chi connectivity index (χ1v) is 22.1. The molecule has 288 valence electrons. The molecule has 0 fully saturated rings. The largest absolute Gasteiger partial charge is 0.310 e. The predicted molar refractivity (Wildman–Crippen MR) is 258 cm³/mol. The summed E-state index contributed by atoms with van der Waals surface area (Å²) in [5.41, 5.74) is 15.9. The van der Waals surface area contributed by atoms with E-state index in [0.717, 1.165) is 5.69 Å². The number of nitrogens with zero attached hydrogens (tertiary/aromatic N) is 1. The van der Waals surface area contributed by atoms with Gasteiger partial charge in [0.2, 0.25) is 0 Å². The smallest absolute Gasteiger partial charge is 0.0714 e. The lowest BCUT2D eigenvalue weighted by Gasteiger charge is -2.37. The van der Waals surface area contributed by atoms with Crippen LogP contribution in [-0.2, 0) is 5.41 Å². The molecule has 3 aliphatic carbocycles. The van der Waals surface area contributed by atoms with Crippen LogP contribution in [-0.4, -0.2) is 0 Å². The van der Waals surface area contributed by atoms with Crippen molar-refractivity contribution in [1.29, 1.82) is 0 Å². The molecule has 3 aliphatic rings. The Labute approximate surface area is 361 Å². The number of rotatable bonds is 7. The zero-order chi connectivity index (χ0) is 40.3. The zero-order valence-corrected chi connectivity index (χ0v) is 34.3. The Morgan fingerprint density at radius 1 is 0.492 bits per heavy atom. The van der Waals surface area contributed by atoms with Crippen molar-refractivity contribution in [1.82, 2.24) is 0 Å². The third-order valence-electron chi connectivity index (χ3n) is 13.2. The Morgan fingerprint density at radius 2 is 1.13 bits per heavy atom. The van der Waals surface area contributed by atoms with Crippen molar-refractivity contribution in [2.45, 2.75) is 11.3 Å². The first kappa shape index (κ1) is 35.7. The standard InChI is InChI=1S/C59H41NS/c1-3-19-40(20-4-1)45-31-15-21-41-22-16-32-49(57(41)45)48-29-9-13-35-53(48)60(54-36-18-38-56-58(54)50-30-10-14-37-55(50)61-56)44-26-17-25-43(39-44)59(42-23-5-2-6-24-42)51-33-11-7-27-46(51)47-28-8-12-34-52(47)59/h1-39,49,57H. The van der Waals surface area contributed by atoms with E-state index < -0.39 is 5.41 Å². The SMILES string of the molecule is C1=CC2=CC=CC(c3ccccc3N(c3cccc(C4(c5ccccc5)c5ccccc5-c5ccccc54)c3)c3cccc4sc5ccccc5c34)C2C(c2ccccc2)=C1. The minimum absolute atomic E-state index is 0.0981. The molecular formula is C59H41NS. The fraction of sp³-hybridized carbons (Fsp3) is 0.0508. The van der Waals surface area contributed by atoms with Crippen molar-refractivity contribution in [2.24, 2.45) is 5.92 Å². The number of allylic oxidation sites excluding steroid dienone is 8. The highest BCUT2D eigenvalue weighted by Crippen LogP contribution is 2.57.